The third kappa shape index (κ3) is 2.43. The van der Waals surface area contributed by atoms with E-state index in [1.54, 1.807) is 0 Å². The van der Waals surface area contributed by atoms with Gasteiger partial charge in [0.15, 0.2) is 4.21 Å². The maximum Gasteiger partial charge on any atom is 0.305 e. The van der Waals surface area contributed by atoms with Gasteiger partial charge in [0.25, 0.3) is 10.0 Å². The van der Waals surface area contributed by atoms with Crippen LogP contribution in [0.4, 0.5) is 0 Å². The molecule has 0 bridgehead atoms. The lowest BCUT2D eigenvalue weighted by Crippen LogP contribution is -2.43. The molecule has 2 heterocycles. The Hall–Kier alpha value is -1.23. The summed E-state index contributed by atoms with van der Waals surface area (Å²) in [5.74, 6) is -0.819. The summed E-state index contributed by atoms with van der Waals surface area (Å²) in [6, 6.07) is -1.09. The van der Waals surface area contributed by atoms with Gasteiger partial charge in [-0.3, -0.25) is 9.59 Å². The summed E-state index contributed by atoms with van der Waals surface area (Å²) in [7, 11) is -4.02. The molecule has 1 saturated heterocycles. The molecular weight excluding hydrogens is 294 g/mol. The highest BCUT2D eigenvalue weighted by atomic mass is 32.2. The van der Waals surface area contributed by atoms with E-state index in [1.165, 1.54) is 6.92 Å². The number of nitrogens with one attached hydrogen (secondary N) is 1. The molecule has 1 aliphatic rings. The van der Waals surface area contributed by atoms with Crippen LogP contribution in [0.25, 0.3) is 0 Å². The molecule has 0 aliphatic carbocycles. The zero-order valence-corrected chi connectivity index (χ0v) is 11.6. The zero-order valence-electron chi connectivity index (χ0n) is 9.99. The molecular formula is C9H13N3O5S2. The molecule has 1 fully saturated rings. The number of carbonyl (C=O) groups is 1. The summed E-state index contributed by atoms with van der Waals surface area (Å²) >= 11 is 0.549. The van der Waals surface area contributed by atoms with E-state index in [0.717, 1.165) is 4.31 Å². The Morgan fingerprint density at radius 3 is 2.68 bits per heavy atom. The van der Waals surface area contributed by atoms with E-state index >= 15 is 0 Å². The molecule has 1 aromatic heterocycles. The zero-order chi connectivity index (χ0) is 14.4. The molecule has 0 spiro atoms. The SMILES string of the molecule is Cc1[nH]c(=O)sc1S(=O)(=O)N1CC(O)CC1C(N)=O. The second-order valence-electron chi connectivity index (χ2n) is 4.31. The minimum Gasteiger partial charge on any atom is -0.392 e. The number of aryl methyl sites for hydroxylation is 1. The first-order chi connectivity index (χ1) is 8.73. The molecule has 2 unspecified atom stereocenters. The Morgan fingerprint density at radius 1 is 1.58 bits per heavy atom. The van der Waals surface area contributed by atoms with E-state index in [0.29, 0.717) is 11.3 Å². The fourth-order valence-corrected chi connectivity index (χ4v) is 5.11. The van der Waals surface area contributed by atoms with E-state index in [1.807, 2.05) is 0 Å². The van der Waals surface area contributed by atoms with Crippen LogP contribution in [0.2, 0.25) is 0 Å². The number of aromatic nitrogens is 1. The molecule has 4 N–H and O–H groups in total. The van der Waals surface area contributed by atoms with Crippen molar-refractivity contribution < 1.29 is 18.3 Å². The third-order valence-corrected chi connectivity index (χ3v) is 6.34. The smallest absolute Gasteiger partial charge is 0.305 e. The van der Waals surface area contributed by atoms with Crippen LogP contribution in [0.3, 0.4) is 0 Å². The number of rotatable bonds is 3. The number of carbonyl (C=O) groups excluding carboxylic acids is 1. The van der Waals surface area contributed by atoms with Crippen LogP contribution in [0.5, 0.6) is 0 Å². The monoisotopic (exact) mass is 307 g/mol. The second-order valence-corrected chi connectivity index (χ2v) is 7.38. The minimum absolute atomic E-state index is 0.0348. The number of nitrogens with two attached hydrogens (primary N) is 1. The number of β-amino-alcohol motifs (C(OH)–C–C–N with tert-alkyl or cyclic N) is 1. The Bertz CT molecular complexity index is 662. The van der Waals surface area contributed by atoms with Crippen molar-refractivity contribution >= 4 is 27.3 Å². The number of aliphatic hydroxyl groups excluding tert-OH is 1. The first-order valence-electron chi connectivity index (χ1n) is 5.42. The number of sulfonamides is 1. The topological polar surface area (TPSA) is 134 Å². The summed E-state index contributed by atoms with van der Waals surface area (Å²) in [5, 5.41) is 9.52. The molecule has 0 saturated carbocycles. The largest absolute Gasteiger partial charge is 0.392 e. The van der Waals surface area contributed by atoms with Crippen LogP contribution in [-0.4, -0.2) is 47.4 Å². The predicted molar refractivity (Wildman–Crippen MR) is 67.2 cm³/mol. The molecule has 2 rings (SSSR count). The molecule has 8 nitrogen and oxygen atoms in total. The van der Waals surface area contributed by atoms with Gasteiger partial charge in [-0.15, -0.1) is 0 Å². The highest BCUT2D eigenvalue weighted by Gasteiger charge is 2.43. The van der Waals surface area contributed by atoms with Crippen LogP contribution in [0, 0.1) is 6.92 Å². The van der Waals surface area contributed by atoms with E-state index < -0.39 is 32.9 Å². The number of H-pyrrole nitrogens is 1. The van der Waals surface area contributed by atoms with Gasteiger partial charge in [0.2, 0.25) is 5.91 Å². The Kier molecular flexibility index (Phi) is 3.51. The molecule has 0 radical (unpaired) electrons. The minimum atomic E-state index is -4.02. The van der Waals surface area contributed by atoms with Crippen molar-refractivity contribution in [2.45, 2.75) is 29.7 Å². The summed E-state index contributed by atoms with van der Waals surface area (Å²) in [5.41, 5.74) is 5.35. The Morgan fingerprint density at radius 2 is 2.21 bits per heavy atom. The van der Waals surface area contributed by atoms with Gasteiger partial charge in [-0.1, -0.05) is 11.3 Å². The van der Waals surface area contributed by atoms with Crippen molar-refractivity contribution in [2.75, 3.05) is 6.54 Å². The summed E-state index contributed by atoms with van der Waals surface area (Å²) in [6.45, 7) is 1.25. The van der Waals surface area contributed by atoms with E-state index in [9.17, 15) is 23.1 Å². The summed E-state index contributed by atoms with van der Waals surface area (Å²) in [6.07, 6.45) is -0.976. The average molecular weight is 307 g/mol. The lowest BCUT2D eigenvalue weighted by molar-refractivity contribution is -0.121. The lowest BCUT2D eigenvalue weighted by atomic mass is 10.2. The van der Waals surface area contributed by atoms with Gasteiger partial charge in [-0.2, -0.15) is 4.31 Å². The first-order valence-corrected chi connectivity index (χ1v) is 7.68. The fourth-order valence-electron chi connectivity index (χ4n) is 2.05. The number of nitrogens with zero attached hydrogens (tertiary/aromatic N) is 1. The number of hydrogen-bond acceptors (Lipinski definition) is 6. The van der Waals surface area contributed by atoms with Crippen molar-refractivity contribution in [3.8, 4) is 0 Å². The molecule has 1 amide bonds. The average Bonchev–Trinajstić information content (AvgIpc) is 2.82. The van der Waals surface area contributed by atoms with Crippen LogP contribution in [0.1, 0.15) is 12.1 Å². The second kappa shape index (κ2) is 4.71. The number of primary amides is 1. The number of amides is 1. The standard InChI is InChI=1S/C9H13N3O5S2/c1-4-8(18-9(15)11-4)19(16,17)12-3-5(13)2-6(12)7(10)14/h5-6,13H,2-3H2,1H3,(H2,10,14)(H,11,15). The van der Waals surface area contributed by atoms with Gasteiger partial charge in [0.05, 0.1) is 6.10 Å². The van der Waals surface area contributed by atoms with Gasteiger partial charge < -0.3 is 15.8 Å². The van der Waals surface area contributed by atoms with Crippen molar-refractivity contribution in [2.24, 2.45) is 5.73 Å². The third-order valence-electron chi connectivity index (χ3n) is 2.89. The molecule has 106 valence electrons. The van der Waals surface area contributed by atoms with E-state index in [4.69, 9.17) is 5.73 Å². The van der Waals surface area contributed by atoms with E-state index in [2.05, 4.69) is 4.98 Å². The number of aromatic amines is 1. The normalized spacial score (nSPS) is 24.7. The first kappa shape index (κ1) is 14.2. The highest BCUT2D eigenvalue weighted by molar-refractivity contribution is 7.91. The fraction of sp³-hybridized carbons (Fsp3) is 0.556. The van der Waals surface area contributed by atoms with Gasteiger partial charge in [0, 0.05) is 18.7 Å². The Labute approximate surface area is 112 Å². The summed E-state index contributed by atoms with van der Waals surface area (Å²) in [4.78, 5) is 24.3. The van der Waals surface area contributed by atoms with Crippen molar-refractivity contribution in [1.29, 1.82) is 0 Å². The van der Waals surface area contributed by atoms with Crippen LogP contribution >= 0.6 is 11.3 Å². The quantitative estimate of drug-likeness (QED) is 0.615. The molecule has 10 heteroatoms. The molecule has 1 aromatic rings. The molecule has 19 heavy (non-hydrogen) atoms. The molecule has 1 aliphatic heterocycles. The van der Waals surface area contributed by atoms with Gasteiger partial charge >= 0.3 is 4.87 Å². The van der Waals surface area contributed by atoms with Gasteiger partial charge in [0.1, 0.15) is 6.04 Å². The number of thiazole rings is 1. The van der Waals surface area contributed by atoms with E-state index in [-0.39, 0.29) is 22.9 Å². The van der Waals surface area contributed by atoms with Crippen molar-refractivity contribution in [3.63, 3.8) is 0 Å². The van der Waals surface area contributed by atoms with Crippen molar-refractivity contribution in [1.82, 2.24) is 9.29 Å². The van der Waals surface area contributed by atoms with Crippen LogP contribution in [0.15, 0.2) is 9.00 Å². The van der Waals surface area contributed by atoms with Crippen molar-refractivity contribution in [3.05, 3.63) is 15.4 Å². The Balaban J connectivity index is 2.47. The highest BCUT2D eigenvalue weighted by Crippen LogP contribution is 2.28. The maximum absolute atomic E-state index is 12.4. The predicted octanol–water partition coefficient (Wildman–Crippen LogP) is -1.65. The molecule has 0 aromatic carbocycles. The lowest BCUT2D eigenvalue weighted by Gasteiger charge is -2.20. The molecule has 2 atom stereocenters. The van der Waals surface area contributed by atoms with Crippen LogP contribution in [-0.2, 0) is 14.8 Å². The maximum atomic E-state index is 12.4. The van der Waals surface area contributed by atoms with Crippen LogP contribution < -0.4 is 10.6 Å². The number of hydrogen-bond donors (Lipinski definition) is 3. The van der Waals surface area contributed by atoms with Gasteiger partial charge in [-0.05, 0) is 6.92 Å². The van der Waals surface area contributed by atoms with Gasteiger partial charge in [-0.25, -0.2) is 8.42 Å². The number of aliphatic hydroxyl groups is 1. The summed E-state index contributed by atoms with van der Waals surface area (Å²) < 4.78 is 25.5.